The lowest BCUT2D eigenvalue weighted by molar-refractivity contribution is -0.345. The quantitative estimate of drug-likeness (QED) is 0.0724. The van der Waals surface area contributed by atoms with Crippen LogP contribution in [-0.2, 0) is 12.8 Å². The van der Waals surface area contributed by atoms with Crippen molar-refractivity contribution in [1.82, 2.24) is 0 Å². The lowest BCUT2D eigenvalue weighted by Gasteiger charge is -2.13. The molecule has 0 unspecified atom stereocenters. The Hall–Kier alpha value is -2.92. The molecule has 0 spiro atoms. The first kappa shape index (κ1) is 36.5. The Kier molecular flexibility index (Phi) is 17.7. The molecule has 1 heterocycles. The first-order valence-corrected chi connectivity index (χ1v) is 18.7. The van der Waals surface area contributed by atoms with Gasteiger partial charge >= 0.3 is 0 Å². The molecule has 0 radical (unpaired) electrons. The zero-order valence-electron chi connectivity index (χ0n) is 29.4. The number of benzene rings is 2. The number of hydrogen-bond donors (Lipinski definition) is 0. The highest BCUT2D eigenvalue weighted by atomic mass is 15.2. The molecule has 0 atom stereocenters. The van der Waals surface area contributed by atoms with Crippen molar-refractivity contribution in [1.29, 1.82) is 0 Å². The van der Waals surface area contributed by atoms with E-state index in [-0.39, 0.29) is 0 Å². The second-order valence-corrected chi connectivity index (χ2v) is 13.1. The van der Waals surface area contributed by atoms with E-state index in [4.69, 9.17) is 0 Å². The normalized spacial score (nSPS) is 13.1. The molecule has 0 amide bonds. The Labute approximate surface area is 277 Å². The smallest absolute Gasteiger partial charge is 0.211 e. The number of hydrogen-bond acceptors (Lipinski definition) is 0. The van der Waals surface area contributed by atoms with Gasteiger partial charge in [0, 0.05) is 35.1 Å². The molecule has 2 aromatic carbocycles. The van der Waals surface area contributed by atoms with Crippen LogP contribution in [0.4, 0.5) is 0 Å². The molecule has 0 saturated carbocycles. The Balaban J connectivity index is 1.89. The maximum absolute atomic E-state index is 12.1. The standard InChI is InChI=1S/C43H62N2/c1-5-9-13-15-16-17-18-19-20-22-27-37-28-24-25-29-39(37)43-41(31-23-14-10-6-2)40(30-21-11-7-3)42(45(43)44)38-34-32-36(33-35-38)26-12-8-4/h24-25,28-29,32-35H,5-17,20-23,26-27,30-31H2,1-4H3. The van der Waals surface area contributed by atoms with Gasteiger partial charge in [0.2, 0.25) is 11.4 Å². The molecule has 0 aromatic heterocycles. The maximum atomic E-state index is 12.1. The van der Waals surface area contributed by atoms with E-state index in [0.717, 1.165) is 74.7 Å². The van der Waals surface area contributed by atoms with Gasteiger partial charge in [0.15, 0.2) is 0 Å². The Morgan fingerprint density at radius 3 is 1.76 bits per heavy atom. The lowest BCUT2D eigenvalue weighted by atomic mass is 9.90. The Morgan fingerprint density at radius 2 is 1.07 bits per heavy atom. The monoisotopic (exact) mass is 606 g/mol. The van der Waals surface area contributed by atoms with Crippen LogP contribution < -0.4 is 0 Å². The molecule has 3 rings (SSSR count). The number of allylic oxidation sites excluding steroid dienone is 2. The molecule has 2 nitrogen and oxygen atoms in total. The molecule has 0 bridgehead atoms. The Morgan fingerprint density at radius 1 is 0.511 bits per heavy atom. The van der Waals surface area contributed by atoms with Crippen molar-refractivity contribution in [2.45, 2.75) is 163 Å². The van der Waals surface area contributed by atoms with E-state index in [9.17, 15) is 5.53 Å². The van der Waals surface area contributed by atoms with Crippen LogP contribution in [0, 0.1) is 11.8 Å². The van der Waals surface area contributed by atoms with Crippen molar-refractivity contribution in [2.75, 3.05) is 0 Å². The van der Waals surface area contributed by atoms with E-state index < -0.39 is 0 Å². The summed E-state index contributed by atoms with van der Waals surface area (Å²) in [7, 11) is 0. The van der Waals surface area contributed by atoms with E-state index in [1.165, 1.54) is 105 Å². The third-order valence-electron chi connectivity index (χ3n) is 9.27. The minimum atomic E-state index is 0.936. The van der Waals surface area contributed by atoms with Crippen LogP contribution in [-0.4, -0.2) is 4.70 Å². The minimum absolute atomic E-state index is 0.936. The van der Waals surface area contributed by atoms with Crippen LogP contribution in [0.5, 0.6) is 0 Å². The summed E-state index contributed by atoms with van der Waals surface area (Å²) in [6.45, 7) is 9.07. The largest absolute Gasteiger partial charge is 0.493 e. The third-order valence-corrected chi connectivity index (χ3v) is 9.27. The zero-order valence-corrected chi connectivity index (χ0v) is 29.4. The molecule has 0 aliphatic carbocycles. The number of aryl methyl sites for hydroxylation is 2. The minimum Gasteiger partial charge on any atom is -0.493 e. The second kappa shape index (κ2) is 21.8. The zero-order chi connectivity index (χ0) is 32.1. The first-order valence-electron chi connectivity index (χ1n) is 18.7. The van der Waals surface area contributed by atoms with Crippen LogP contribution in [0.25, 0.3) is 16.9 Å². The van der Waals surface area contributed by atoms with Crippen LogP contribution in [0.2, 0.25) is 0 Å². The molecule has 2 aromatic rings. The van der Waals surface area contributed by atoms with Gasteiger partial charge in [-0.1, -0.05) is 122 Å². The van der Waals surface area contributed by atoms with E-state index in [1.807, 2.05) is 0 Å². The predicted molar refractivity (Wildman–Crippen MR) is 196 cm³/mol. The Bertz CT molecular complexity index is 1280. The van der Waals surface area contributed by atoms with Gasteiger partial charge < -0.3 is 5.53 Å². The molecular formula is C43H62N2. The van der Waals surface area contributed by atoms with Gasteiger partial charge in [-0.25, -0.2) is 4.70 Å². The first-order chi connectivity index (χ1) is 22.2. The summed E-state index contributed by atoms with van der Waals surface area (Å²) in [5.74, 6) is 6.87. The highest BCUT2D eigenvalue weighted by Crippen LogP contribution is 2.45. The molecular weight excluding hydrogens is 544 g/mol. The molecule has 1 aliphatic rings. The highest BCUT2D eigenvalue weighted by molar-refractivity contribution is 5.82. The number of unbranched alkanes of at least 4 members (excludes halogenated alkanes) is 12. The van der Waals surface area contributed by atoms with Gasteiger partial charge in [0.05, 0.1) is 0 Å². The molecule has 2 heteroatoms. The van der Waals surface area contributed by atoms with Crippen molar-refractivity contribution in [3.8, 4) is 11.8 Å². The van der Waals surface area contributed by atoms with Crippen LogP contribution >= 0.6 is 0 Å². The molecule has 0 N–H and O–H groups in total. The van der Waals surface area contributed by atoms with Gasteiger partial charge in [-0.2, -0.15) is 0 Å². The van der Waals surface area contributed by atoms with Crippen LogP contribution in [0.1, 0.15) is 172 Å². The van der Waals surface area contributed by atoms with Crippen LogP contribution in [0.15, 0.2) is 59.7 Å². The third kappa shape index (κ3) is 11.7. The molecule has 0 fully saturated rings. The molecule has 0 saturated heterocycles. The summed E-state index contributed by atoms with van der Waals surface area (Å²) >= 11 is 0. The summed E-state index contributed by atoms with van der Waals surface area (Å²) in [5, 5.41) is 0. The summed E-state index contributed by atoms with van der Waals surface area (Å²) in [5.41, 5.74) is 21.9. The maximum Gasteiger partial charge on any atom is 0.211 e. The summed E-state index contributed by atoms with van der Waals surface area (Å²) in [6.07, 6.45) is 24.6. The van der Waals surface area contributed by atoms with Crippen LogP contribution in [0.3, 0.4) is 0 Å². The van der Waals surface area contributed by atoms with E-state index >= 15 is 0 Å². The van der Waals surface area contributed by atoms with E-state index in [1.54, 1.807) is 4.70 Å². The van der Waals surface area contributed by atoms with Crippen molar-refractivity contribution in [3.05, 3.63) is 87.5 Å². The van der Waals surface area contributed by atoms with Gasteiger partial charge in [-0.15, -0.1) is 11.8 Å². The fourth-order valence-electron chi connectivity index (χ4n) is 6.59. The number of rotatable bonds is 22. The van der Waals surface area contributed by atoms with Crippen molar-refractivity contribution >= 4 is 11.4 Å². The molecule has 1 aliphatic heterocycles. The summed E-state index contributed by atoms with van der Waals surface area (Å²) < 4.78 is 1.58. The average Bonchev–Trinajstić information content (AvgIpc) is 3.33. The fraction of sp³-hybridized carbons (Fsp3) is 0.581. The SMILES string of the molecule is CCCCCCCC#CCCCc1ccccc1C1=C(CCCCCC)C(CCCCC)=C(c2ccc(CCCC)cc2)[N+]1=[N-]. The highest BCUT2D eigenvalue weighted by Gasteiger charge is 2.35. The van der Waals surface area contributed by atoms with Crippen molar-refractivity contribution in [2.24, 2.45) is 0 Å². The van der Waals surface area contributed by atoms with Gasteiger partial charge in [0.25, 0.3) is 0 Å². The molecule has 45 heavy (non-hydrogen) atoms. The van der Waals surface area contributed by atoms with E-state index in [0.29, 0.717) is 0 Å². The average molecular weight is 607 g/mol. The van der Waals surface area contributed by atoms with Crippen molar-refractivity contribution < 1.29 is 4.70 Å². The fourth-order valence-corrected chi connectivity index (χ4v) is 6.59. The number of nitrogens with zero attached hydrogens (tertiary/aromatic N) is 2. The topological polar surface area (TPSA) is 25.3 Å². The summed E-state index contributed by atoms with van der Waals surface area (Å²) in [6, 6.07) is 17.8. The van der Waals surface area contributed by atoms with E-state index in [2.05, 4.69) is 88.1 Å². The van der Waals surface area contributed by atoms with Gasteiger partial charge in [-0.05, 0) is 87.1 Å². The predicted octanol–water partition coefficient (Wildman–Crippen LogP) is 13.4. The summed E-state index contributed by atoms with van der Waals surface area (Å²) in [4.78, 5) is 0. The second-order valence-electron chi connectivity index (χ2n) is 13.1. The van der Waals surface area contributed by atoms with Gasteiger partial charge in [0.1, 0.15) is 0 Å². The van der Waals surface area contributed by atoms with Crippen molar-refractivity contribution in [3.63, 3.8) is 0 Å². The lowest BCUT2D eigenvalue weighted by Crippen LogP contribution is -2.05. The van der Waals surface area contributed by atoms with Gasteiger partial charge in [-0.3, -0.25) is 0 Å². The molecule has 244 valence electrons.